The summed E-state index contributed by atoms with van der Waals surface area (Å²) in [5, 5.41) is 1.41. The van der Waals surface area contributed by atoms with Crippen LogP contribution >= 0.6 is 23.2 Å². The summed E-state index contributed by atoms with van der Waals surface area (Å²) in [6.07, 6.45) is 4.57. The third-order valence-electron chi connectivity index (χ3n) is 4.83. The molecule has 0 aromatic heterocycles. The van der Waals surface area contributed by atoms with Crippen LogP contribution in [0.5, 0.6) is 0 Å². The van der Waals surface area contributed by atoms with Gasteiger partial charge in [0.05, 0.1) is 0 Å². The molecule has 0 saturated carbocycles. The van der Waals surface area contributed by atoms with Crippen molar-refractivity contribution in [2.45, 2.75) is 51.1 Å². The van der Waals surface area contributed by atoms with E-state index in [1.54, 1.807) is 0 Å². The highest BCUT2D eigenvalue weighted by atomic mass is 35.5. The standard InChI is InChI=1S/C16H24Cl2N2/c1-3-16(4-2,20-9-5-6-10-20)15(19)13-11-12(17)7-8-14(13)18/h7-8,11,15H,3-6,9-10,19H2,1-2H3. The topological polar surface area (TPSA) is 29.3 Å². The van der Waals surface area contributed by atoms with E-state index in [1.165, 1.54) is 12.8 Å². The Morgan fingerprint density at radius 2 is 1.80 bits per heavy atom. The molecule has 1 aliphatic rings. The quantitative estimate of drug-likeness (QED) is 0.857. The molecule has 2 nitrogen and oxygen atoms in total. The second-order valence-corrected chi connectivity index (χ2v) is 6.49. The van der Waals surface area contributed by atoms with Crippen molar-refractivity contribution in [1.29, 1.82) is 0 Å². The lowest BCUT2D eigenvalue weighted by atomic mass is 9.79. The molecule has 2 N–H and O–H groups in total. The molecule has 1 heterocycles. The first kappa shape index (κ1) is 16.1. The average molecular weight is 315 g/mol. The van der Waals surface area contributed by atoms with E-state index in [0.29, 0.717) is 10.0 Å². The van der Waals surface area contributed by atoms with Crippen LogP contribution < -0.4 is 5.73 Å². The lowest BCUT2D eigenvalue weighted by molar-refractivity contribution is 0.0767. The first-order valence-electron chi connectivity index (χ1n) is 7.50. The Labute approximate surface area is 132 Å². The van der Waals surface area contributed by atoms with Gasteiger partial charge in [0.2, 0.25) is 0 Å². The maximum atomic E-state index is 6.66. The molecule has 1 aliphatic heterocycles. The summed E-state index contributed by atoms with van der Waals surface area (Å²) in [7, 11) is 0. The van der Waals surface area contributed by atoms with Gasteiger partial charge in [0.15, 0.2) is 0 Å². The summed E-state index contributed by atoms with van der Waals surface area (Å²) < 4.78 is 0. The summed E-state index contributed by atoms with van der Waals surface area (Å²) in [6.45, 7) is 6.71. The van der Waals surface area contributed by atoms with Gasteiger partial charge in [-0.3, -0.25) is 4.90 Å². The van der Waals surface area contributed by atoms with Crippen molar-refractivity contribution in [3.8, 4) is 0 Å². The van der Waals surface area contributed by atoms with Gasteiger partial charge < -0.3 is 5.73 Å². The van der Waals surface area contributed by atoms with Gasteiger partial charge in [0.25, 0.3) is 0 Å². The number of likely N-dealkylation sites (tertiary alicyclic amines) is 1. The maximum absolute atomic E-state index is 6.66. The monoisotopic (exact) mass is 314 g/mol. The van der Waals surface area contributed by atoms with Crippen molar-refractivity contribution >= 4 is 23.2 Å². The molecule has 1 unspecified atom stereocenters. The lowest BCUT2D eigenvalue weighted by Crippen LogP contribution is -2.53. The molecular weight excluding hydrogens is 291 g/mol. The first-order chi connectivity index (χ1) is 9.55. The smallest absolute Gasteiger partial charge is 0.0497 e. The largest absolute Gasteiger partial charge is 0.322 e. The molecule has 1 aromatic rings. The van der Waals surface area contributed by atoms with E-state index in [4.69, 9.17) is 28.9 Å². The Bertz CT molecular complexity index is 452. The second-order valence-electron chi connectivity index (χ2n) is 5.65. The summed E-state index contributed by atoms with van der Waals surface area (Å²) in [6, 6.07) is 5.47. The molecule has 0 aliphatic carbocycles. The average Bonchev–Trinajstić information content (AvgIpc) is 2.98. The SMILES string of the molecule is CCC(CC)(C(N)c1cc(Cl)ccc1Cl)N1CCCC1. The first-order valence-corrected chi connectivity index (χ1v) is 8.26. The predicted molar refractivity (Wildman–Crippen MR) is 87.5 cm³/mol. The fourth-order valence-corrected chi connectivity index (χ4v) is 3.95. The number of nitrogens with two attached hydrogens (primary N) is 1. The lowest BCUT2D eigenvalue weighted by Gasteiger charge is -2.45. The van der Waals surface area contributed by atoms with Crippen LogP contribution in [0.15, 0.2) is 18.2 Å². The number of hydrogen-bond acceptors (Lipinski definition) is 2. The zero-order valence-corrected chi connectivity index (χ0v) is 13.8. The van der Waals surface area contributed by atoms with Crippen LogP contribution in [-0.2, 0) is 0 Å². The zero-order valence-electron chi connectivity index (χ0n) is 12.3. The van der Waals surface area contributed by atoms with Crippen molar-refractivity contribution in [1.82, 2.24) is 4.90 Å². The normalized spacial score (nSPS) is 18.4. The Morgan fingerprint density at radius 3 is 2.35 bits per heavy atom. The van der Waals surface area contributed by atoms with E-state index in [-0.39, 0.29) is 11.6 Å². The third-order valence-corrected chi connectivity index (χ3v) is 5.41. The highest BCUT2D eigenvalue weighted by Gasteiger charge is 2.41. The Hall–Kier alpha value is -0.280. The summed E-state index contributed by atoms with van der Waals surface area (Å²) in [4.78, 5) is 2.55. The third kappa shape index (κ3) is 2.85. The van der Waals surface area contributed by atoms with E-state index in [1.807, 2.05) is 18.2 Å². The minimum atomic E-state index is -0.109. The minimum absolute atomic E-state index is 0.0230. The van der Waals surface area contributed by atoms with Crippen LogP contribution in [0, 0.1) is 0 Å². The van der Waals surface area contributed by atoms with Crippen molar-refractivity contribution in [3.63, 3.8) is 0 Å². The molecule has 1 aromatic carbocycles. The predicted octanol–water partition coefficient (Wildman–Crippen LogP) is 4.65. The summed E-state index contributed by atoms with van der Waals surface area (Å²) >= 11 is 12.5. The fourth-order valence-electron chi connectivity index (χ4n) is 3.54. The van der Waals surface area contributed by atoms with Gasteiger partial charge in [-0.05, 0) is 62.5 Å². The highest BCUT2D eigenvalue weighted by molar-refractivity contribution is 6.33. The summed E-state index contributed by atoms with van der Waals surface area (Å²) in [5.41, 5.74) is 7.60. The zero-order chi connectivity index (χ0) is 14.8. The second kappa shape index (κ2) is 6.65. The molecule has 1 fully saturated rings. The molecule has 0 amide bonds. The fraction of sp³-hybridized carbons (Fsp3) is 0.625. The van der Waals surface area contributed by atoms with E-state index in [9.17, 15) is 0 Å². The Kier molecular flexibility index (Phi) is 5.36. The maximum Gasteiger partial charge on any atom is 0.0497 e. The van der Waals surface area contributed by atoms with Crippen LogP contribution in [-0.4, -0.2) is 23.5 Å². The highest BCUT2D eigenvalue weighted by Crippen LogP contribution is 2.40. The Balaban J connectivity index is 2.39. The minimum Gasteiger partial charge on any atom is -0.322 e. The van der Waals surface area contributed by atoms with Gasteiger partial charge >= 0.3 is 0 Å². The van der Waals surface area contributed by atoms with Gasteiger partial charge in [-0.2, -0.15) is 0 Å². The molecule has 0 bridgehead atoms. The molecule has 20 heavy (non-hydrogen) atoms. The molecule has 1 atom stereocenters. The molecule has 112 valence electrons. The van der Waals surface area contributed by atoms with Crippen molar-refractivity contribution in [3.05, 3.63) is 33.8 Å². The van der Waals surface area contributed by atoms with Crippen molar-refractivity contribution < 1.29 is 0 Å². The molecule has 2 rings (SSSR count). The summed E-state index contributed by atoms with van der Waals surface area (Å²) in [5.74, 6) is 0. The Morgan fingerprint density at radius 1 is 1.20 bits per heavy atom. The van der Waals surface area contributed by atoms with E-state index in [0.717, 1.165) is 31.5 Å². The van der Waals surface area contributed by atoms with Gasteiger partial charge in [-0.1, -0.05) is 37.0 Å². The van der Waals surface area contributed by atoms with Crippen LogP contribution in [0.3, 0.4) is 0 Å². The molecule has 1 saturated heterocycles. The van der Waals surface area contributed by atoms with Gasteiger partial charge in [-0.15, -0.1) is 0 Å². The van der Waals surface area contributed by atoms with Crippen LogP contribution in [0.2, 0.25) is 10.0 Å². The van der Waals surface area contributed by atoms with Crippen LogP contribution in [0.1, 0.15) is 51.1 Å². The number of rotatable bonds is 5. The van der Waals surface area contributed by atoms with Crippen molar-refractivity contribution in [2.24, 2.45) is 5.73 Å². The molecule has 0 radical (unpaired) electrons. The molecule has 4 heteroatoms. The van der Waals surface area contributed by atoms with E-state index < -0.39 is 0 Å². The van der Waals surface area contributed by atoms with E-state index >= 15 is 0 Å². The van der Waals surface area contributed by atoms with E-state index in [2.05, 4.69) is 18.7 Å². The van der Waals surface area contributed by atoms with Crippen LogP contribution in [0.4, 0.5) is 0 Å². The van der Waals surface area contributed by atoms with Gasteiger partial charge in [0.1, 0.15) is 0 Å². The number of benzene rings is 1. The number of nitrogens with zero attached hydrogens (tertiary/aromatic N) is 1. The molecular formula is C16H24Cl2N2. The van der Waals surface area contributed by atoms with Crippen LogP contribution in [0.25, 0.3) is 0 Å². The van der Waals surface area contributed by atoms with Crippen molar-refractivity contribution in [2.75, 3.05) is 13.1 Å². The molecule has 0 spiro atoms. The number of hydrogen-bond donors (Lipinski definition) is 1. The van der Waals surface area contributed by atoms with Gasteiger partial charge in [0, 0.05) is 21.6 Å². The number of halogens is 2. The van der Waals surface area contributed by atoms with Gasteiger partial charge in [-0.25, -0.2) is 0 Å².